The Balaban J connectivity index is 1.42. The highest BCUT2D eigenvalue weighted by molar-refractivity contribution is 5.81. The smallest absolute Gasteiger partial charge is 0.226 e. The van der Waals surface area contributed by atoms with Gasteiger partial charge in [0.15, 0.2) is 0 Å². The molecule has 1 aliphatic carbocycles. The summed E-state index contributed by atoms with van der Waals surface area (Å²) in [6.45, 7) is 3.81. The Bertz CT molecular complexity index is 791. The molecule has 5 nitrogen and oxygen atoms in total. The van der Waals surface area contributed by atoms with Crippen molar-refractivity contribution in [3.8, 4) is 0 Å². The van der Waals surface area contributed by atoms with E-state index in [9.17, 15) is 9.50 Å². The molecule has 1 aromatic heterocycles. The second-order valence-corrected chi connectivity index (χ2v) is 8.06. The Labute approximate surface area is 160 Å². The first kappa shape index (κ1) is 18.6. The van der Waals surface area contributed by atoms with Crippen LogP contribution >= 0.6 is 0 Å². The normalized spacial score (nSPS) is 26.9. The van der Waals surface area contributed by atoms with Crippen LogP contribution in [0.5, 0.6) is 0 Å². The van der Waals surface area contributed by atoms with Crippen LogP contribution in [0, 0.1) is 12.7 Å². The summed E-state index contributed by atoms with van der Waals surface area (Å²) >= 11 is 0. The van der Waals surface area contributed by atoms with E-state index in [1.807, 2.05) is 6.92 Å². The number of benzene rings is 1. The lowest BCUT2D eigenvalue weighted by Crippen LogP contribution is -2.41. The lowest BCUT2D eigenvalue weighted by Gasteiger charge is -2.30. The average Bonchev–Trinajstić information content (AvgIpc) is 2.90. The fourth-order valence-corrected chi connectivity index (χ4v) is 4.42. The molecule has 2 heterocycles. The summed E-state index contributed by atoms with van der Waals surface area (Å²) < 4.78 is 13.5. The van der Waals surface area contributed by atoms with Crippen LogP contribution < -0.4 is 10.2 Å². The van der Waals surface area contributed by atoms with Crippen LogP contribution in [-0.4, -0.2) is 46.4 Å². The first-order valence-electron chi connectivity index (χ1n) is 10.2. The monoisotopic (exact) mass is 372 g/mol. The van der Waals surface area contributed by atoms with E-state index < -0.39 is 0 Å². The van der Waals surface area contributed by atoms with Crippen molar-refractivity contribution in [3.63, 3.8) is 0 Å². The Kier molecular flexibility index (Phi) is 5.55. The van der Waals surface area contributed by atoms with Crippen LogP contribution in [0.2, 0.25) is 0 Å². The molecule has 2 aliphatic rings. The predicted molar refractivity (Wildman–Crippen MR) is 105 cm³/mol. The van der Waals surface area contributed by atoms with E-state index in [2.05, 4.69) is 15.2 Å². The van der Waals surface area contributed by atoms with Gasteiger partial charge in [-0.05, 0) is 70.1 Å². The molecular weight excluding hydrogens is 343 g/mol. The van der Waals surface area contributed by atoms with Crippen molar-refractivity contribution in [1.82, 2.24) is 15.3 Å². The van der Waals surface area contributed by atoms with Gasteiger partial charge in [-0.25, -0.2) is 14.4 Å². The zero-order valence-corrected chi connectivity index (χ0v) is 16.0. The van der Waals surface area contributed by atoms with E-state index in [0.29, 0.717) is 12.1 Å². The summed E-state index contributed by atoms with van der Waals surface area (Å²) in [5.74, 6) is 0.508. The number of rotatable bonds is 3. The number of nitrogens with one attached hydrogen (secondary N) is 1. The highest BCUT2D eigenvalue weighted by Crippen LogP contribution is 2.24. The predicted octanol–water partition coefficient (Wildman–Crippen LogP) is 3.33. The topological polar surface area (TPSA) is 61.3 Å². The maximum Gasteiger partial charge on any atom is 0.226 e. The van der Waals surface area contributed by atoms with Crippen LogP contribution in [0.15, 0.2) is 18.2 Å². The molecule has 2 fully saturated rings. The van der Waals surface area contributed by atoms with Gasteiger partial charge >= 0.3 is 0 Å². The highest BCUT2D eigenvalue weighted by atomic mass is 19.1. The van der Waals surface area contributed by atoms with Crippen molar-refractivity contribution in [2.75, 3.05) is 18.0 Å². The summed E-state index contributed by atoms with van der Waals surface area (Å²) in [6.07, 6.45) is 7.22. The average molecular weight is 372 g/mol. The summed E-state index contributed by atoms with van der Waals surface area (Å²) in [6, 6.07) is 5.77. The van der Waals surface area contributed by atoms with E-state index in [1.54, 1.807) is 6.07 Å². The second kappa shape index (κ2) is 8.07. The summed E-state index contributed by atoms with van der Waals surface area (Å²) in [5, 5.41) is 14.3. The molecule has 1 atom stereocenters. The van der Waals surface area contributed by atoms with E-state index in [0.717, 1.165) is 80.6 Å². The minimum absolute atomic E-state index is 0.102. The molecule has 146 valence electrons. The zero-order valence-electron chi connectivity index (χ0n) is 16.0. The number of aryl methyl sites for hydroxylation is 1. The number of aromatic nitrogens is 2. The number of aliphatic hydroxyl groups excluding tert-OH is 1. The van der Waals surface area contributed by atoms with Gasteiger partial charge in [-0.3, -0.25) is 0 Å². The van der Waals surface area contributed by atoms with Gasteiger partial charge in [-0.15, -0.1) is 0 Å². The highest BCUT2D eigenvalue weighted by Gasteiger charge is 2.24. The van der Waals surface area contributed by atoms with Crippen molar-refractivity contribution in [2.24, 2.45) is 0 Å². The Morgan fingerprint density at radius 1 is 1.04 bits per heavy atom. The molecule has 1 saturated carbocycles. The first-order chi connectivity index (χ1) is 13.1. The minimum atomic E-state index is -0.249. The van der Waals surface area contributed by atoms with Crippen molar-refractivity contribution in [3.05, 3.63) is 29.7 Å². The fourth-order valence-electron chi connectivity index (χ4n) is 4.42. The molecule has 1 aromatic carbocycles. The number of halogens is 1. The molecule has 2 aromatic rings. The van der Waals surface area contributed by atoms with Crippen LogP contribution in [0.1, 0.15) is 50.6 Å². The van der Waals surface area contributed by atoms with Crippen molar-refractivity contribution in [1.29, 1.82) is 0 Å². The molecule has 27 heavy (non-hydrogen) atoms. The number of nitrogens with zero attached hydrogens (tertiary/aromatic N) is 3. The molecule has 1 saturated heterocycles. The number of fused-ring (bicyclic) bond motifs is 1. The number of hydrogen-bond donors (Lipinski definition) is 2. The van der Waals surface area contributed by atoms with Gasteiger partial charge in [0.25, 0.3) is 0 Å². The van der Waals surface area contributed by atoms with Crippen molar-refractivity contribution >= 4 is 16.9 Å². The standard InChI is InChI=1S/C21H29FN4O/c1-14-19-13-15(22)4-9-20(19)25-21(23-14)26-11-2-3-16(10-12-26)24-17-5-7-18(27)8-6-17/h4,9,13,16-18,24,27H,2-3,5-8,10-12H2,1H3/t16-,17?,18?/m1/s1. The SMILES string of the molecule is Cc1nc(N2CCC[C@@H](NC3CCC(O)CC3)CC2)nc2ccc(F)cc12. The zero-order chi connectivity index (χ0) is 18.8. The van der Waals surface area contributed by atoms with Crippen LogP contribution in [0.4, 0.5) is 10.3 Å². The fraction of sp³-hybridized carbons (Fsp3) is 0.619. The third-order valence-corrected chi connectivity index (χ3v) is 6.02. The maximum atomic E-state index is 13.5. The third kappa shape index (κ3) is 4.38. The molecule has 0 spiro atoms. The maximum absolute atomic E-state index is 13.5. The van der Waals surface area contributed by atoms with Gasteiger partial charge in [0.2, 0.25) is 5.95 Å². The van der Waals surface area contributed by atoms with Gasteiger partial charge in [0.05, 0.1) is 17.3 Å². The first-order valence-corrected chi connectivity index (χ1v) is 10.2. The van der Waals surface area contributed by atoms with Crippen LogP contribution in [0.3, 0.4) is 0 Å². The van der Waals surface area contributed by atoms with E-state index >= 15 is 0 Å². The third-order valence-electron chi connectivity index (χ3n) is 6.02. The summed E-state index contributed by atoms with van der Waals surface area (Å²) in [7, 11) is 0. The molecule has 1 aliphatic heterocycles. The molecule has 4 rings (SSSR count). The lowest BCUT2D eigenvalue weighted by molar-refractivity contribution is 0.113. The number of anilines is 1. The summed E-state index contributed by atoms with van der Waals surface area (Å²) in [5.41, 5.74) is 1.63. The Morgan fingerprint density at radius 3 is 2.63 bits per heavy atom. The number of hydrogen-bond acceptors (Lipinski definition) is 5. The Morgan fingerprint density at radius 2 is 1.81 bits per heavy atom. The second-order valence-electron chi connectivity index (χ2n) is 8.06. The van der Waals surface area contributed by atoms with Gasteiger partial charge in [-0.1, -0.05) is 0 Å². The largest absolute Gasteiger partial charge is 0.393 e. The minimum Gasteiger partial charge on any atom is -0.393 e. The quantitative estimate of drug-likeness (QED) is 0.865. The van der Waals surface area contributed by atoms with Gasteiger partial charge in [0.1, 0.15) is 5.82 Å². The molecule has 0 amide bonds. The van der Waals surface area contributed by atoms with Gasteiger partial charge < -0.3 is 15.3 Å². The molecule has 2 N–H and O–H groups in total. The lowest BCUT2D eigenvalue weighted by atomic mass is 9.92. The Hall–Kier alpha value is -1.79. The molecule has 0 unspecified atom stereocenters. The van der Waals surface area contributed by atoms with Crippen molar-refractivity contribution < 1.29 is 9.50 Å². The summed E-state index contributed by atoms with van der Waals surface area (Å²) in [4.78, 5) is 11.6. The van der Waals surface area contributed by atoms with Gasteiger partial charge in [-0.2, -0.15) is 0 Å². The van der Waals surface area contributed by atoms with Crippen LogP contribution in [0.25, 0.3) is 10.9 Å². The number of aliphatic hydroxyl groups is 1. The molecular formula is C21H29FN4O. The van der Waals surface area contributed by atoms with E-state index in [1.165, 1.54) is 12.1 Å². The molecule has 0 bridgehead atoms. The molecule has 6 heteroatoms. The van der Waals surface area contributed by atoms with E-state index in [-0.39, 0.29) is 11.9 Å². The molecule has 0 radical (unpaired) electrons. The van der Waals surface area contributed by atoms with Crippen LogP contribution in [-0.2, 0) is 0 Å². The van der Waals surface area contributed by atoms with Crippen molar-refractivity contribution in [2.45, 2.75) is 70.1 Å². The van der Waals surface area contributed by atoms with Gasteiger partial charge in [0, 0.05) is 30.6 Å². The van der Waals surface area contributed by atoms with E-state index in [4.69, 9.17) is 4.98 Å².